The number of benzene rings is 3. The van der Waals surface area contributed by atoms with Crippen molar-refractivity contribution >= 4 is 88.5 Å². The smallest absolute Gasteiger partial charge is 0.274 e. The van der Waals surface area contributed by atoms with Gasteiger partial charge in [0.25, 0.3) is 5.56 Å². The third kappa shape index (κ3) is 4.08. The second-order valence-electron chi connectivity index (χ2n) is 6.99. The lowest BCUT2D eigenvalue weighted by Gasteiger charge is -2.12. The fourth-order valence-corrected chi connectivity index (χ4v) is 6.11. The Balaban J connectivity index is 1.47. The minimum Gasteiger partial charge on any atom is -0.487 e. The SMILES string of the molecule is O=c1/c(=C/c2cc(Br)c(OCc3ccc(Cl)c(Cl)c3)c(Br)c2)sc2nc3ccccc3n12. The third-order valence-corrected chi connectivity index (χ3v) is 7.72. The molecule has 0 aliphatic heterocycles. The number of fused-ring (bicyclic) bond motifs is 3. The molecular weight excluding hydrogens is 599 g/mol. The number of ether oxygens (including phenoxy) is 1. The van der Waals surface area contributed by atoms with E-state index in [1.165, 1.54) is 11.3 Å². The molecule has 4 nitrogen and oxygen atoms in total. The summed E-state index contributed by atoms with van der Waals surface area (Å²) in [5.41, 5.74) is 3.31. The highest BCUT2D eigenvalue weighted by Gasteiger charge is 2.12. The van der Waals surface area contributed by atoms with E-state index in [1.807, 2.05) is 48.5 Å². The first-order valence-corrected chi connectivity index (χ1v) is 12.5. The van der Waals surface area contributed by atoms with Crippen LogP contribution in [-0.4, -0.2) is 9.38 Å². The van der Waals surface area contributed by atoms with Crippen molar-refractivity contribution in [3.63, 3.8) is 0 Å². The maximum absolute atomic E-state index is 13.0. The predicted octanol–water partition coefficient (Wildman–Crippen LogP) is 6.87. The maximum Gasteiger partial charge on any atom is 0.274 e. The van der Waals surface area contributed by atoms with Crippen LogP contribution in [0.2, 0.25) is 10.0 Å². The van der Waals surface area contributed by atoms with Gasteiger partial charge in [-0.05, 0) is 85.5 Å². The highest BCUT2D eigenvalue weighted by atomic mass is 79.9. The van der Waals surface area contributed by atoms with E-state index in [0.717, 1.165) is 31.1 Å². The number of halogens is 4. The van der Waals surface area contributed by atoms with Gasteiger partial charge < -0.3 is 4.74 Å². The largest absolute Gasteiger partial charge is 0.487 e. The maximum atomic E-state index is 13.0. The van der Waals surface area contributed by atoms with Crippen LogP contribution in [0.4, 0.5) is 0 Å². The van der Waals surface area contributed by atoms with Gasteiger partial charge in [0.15, 0.2) is 4.96 Å². The summed E-state index contributed by atoms with van der Waals surface area (Å²) in [4.78, 5) is 18.2. The van der Waals surface area contributed by atoms with Crippen molar-refractivity contribution in [2.75, 3.05) is 0 Å². The molecule has 0 radical (unpaired) electrons. The molecule has 0 bridgehead atoms. The Morgan fingerprint density at radius 2 is 1.78 bits per heavy atom. The summed E-state index contributed by atoms with van der Waals surface area (Å²) in [5, 5.41) is 0.990. The molecule has 32 heavy (non-hydrogen) atoms. The van der Waals surface area contributed by atoms with Crippen LogP contribution in [0.3, 0.4) is 0 Å². The summed E-state index contributed by atoms with van der Waals surface area (Å²) in [6.07, 6.45) is 1.86. The van der Waals surface area contributed by atoms with E-state index >= 15 is 0 Å². The van der Waals surface area contributed by atoms with E-state index in [1.54, 1.807) is 16.5 Å². The fraction of sp³-hybridized carbons (Fsp3) is 0.0435. The molecule has 2 heterocycles. The Hall–Kier alpha value is -1.90. The number of thiazole rings is 1. The van der Waals surface area contributed by atoms with Crippen molar-refractivity contribution in [2.24, 2.45) is 0 Å². The van der Waals surface area contributed by atoms with Gasteiger partial charge in [-0.3, -0.25) is 4.79 Å². The molecule has 0 spiro atoms. The molecule has 0 unspecified atom stereocenters. The van der Waals surface area contributed by atoms with Crippen LogP contribution in [0.5, 0.6) is 5.75 Å². The van der Waals surface area contributed by atoms with Crippen molar-refractivity contribution < 1.29 is 4.74 Å². The Morgan fingerprint density at radius 3 is 2.53 bits per heavy atom. The number of hydrogen-bond acceptors (Lipinski definition) is 4. The van der Waals surface area contributed by atoms with Crippen LogP contribution in [0.15, 0.2) is 68.3 Å². The second-order valence-corrected chi connectivity index (χ2v) is 10.5. The first-order valence-electron chi connectivity index (χ1n) is 9.38. The van der Waals surface area contributed by atoms with Gasteiger partial charge in [-0.15, -0.1) is 0 Å². The quantitative estimate of drug-likeness (QED) is 0.223. The van der Waals surface area contributed by atoms with Crippen LogP contribution in [-0.2, 0) is 6.61 Å². The second kappa shape index (κ2) is 8.80. The van der Waals surface area contributed by atoms with E-state index in [2.05, 4.69) is 36.8 Å². The molecule has 0 aliphatic carbocycles. The minimum atomic E-state index is -0.0779. The molecule has 5 aromatic rings. The van der Waals surface area contributed by atoms with Gasteiger partial charge in [0, 0.05) is 0 Å². The molecule has 0 fully saturated rings. The average molecular weight is 611 g/mol. The van der Waals surface area contributed by atoms with Gasteiger partial charge in [-0.2, -0.15) is 0 Å². The summed E-state index contributed by atoms with van der Waals surface area (Å²) in [6.45, 7) is 0.330. The number of para-hydroxylation sites is 2. The van der Waals surface area contributed by atoms with E-state index < -0.39 is 0 Å². The first-order chi connectivity index (χ1) is 15.4. The molecule has 0 amide bonds. The summed E-state index contributed by atoms with van der Waals surface area (Å²) in [6, 6.07) is 16.8. The van der Waals surface area contributed by atoms with Crippen molar-refractivity contribution in [2.45, 2.75) is 6.61 Å². The molecule has 9 heteroatoms. The van der Waals surface area contributed by atoms with E-state index in [0.29, 0.717) is 31.9 Å². The summed E-state index contributed by atoms with van der Waals surface area (Å²) >= 11 is 20.6. The topological polar surface area (TPSA) is 43.6 Å². The van der Waals surface area contributed by atoms with Crippen LogP contribution >= 0.6 is 66.4 Å². The molecular formula is C23H12Br2Cl2N2O2S. The summed E-state index contributed by atoms with van der Waals surface area (Å²) in [5.74, 6) is 0.655. The van der Waals surface area contributed by atoms with Crippen LogP contribution in [0, 0.1) is 0 Å². The van der Waals surface area contributed by atoms with Crippen LogP contribution < -0.4 is 14.8 Å². The lowest BCUT2D eigenvalue weighted by molar-refractivity contribution is 0.302. The zero-order chi connectivity index (χ0) is 22.4. The first kappa shape index (κ1) is 21.9. The van der Waals surface area contributed by atoms with Gasteiger partial charge in [0.05, 0.1) is 34.6 Å². The minimum absolute atomic E-state index is 0.0779. The van der Waals surface area contributed by atoms with Crippen molar-refractivity contribution in [3.05, 3.63) is 99.6 Å². The van der Waals surface area contributed by atoms with Crippen molar-refractivity contribution in [1.29, 1.82) is 0 Å². The average Bonchev–Trinajstić information content (AvgIpc) is 3.26. The van der Waals surface area contributed by atoms with Crippen LogP contribution in [0.1, 0.15) is 11.1 Å². The normalized spacial score (nSPS) is 12.2. The number of nitrogens with zero attached hydrogens (tertiary/aromatic N) is 2. The van der Waals surface area contributed by atoms with Gasteiger partial charge in [0.2, 0.25) is 0 Å². The zero-order valence-corrected chi connectivity index (χ0v) is 21.6. The Morgan fingerprint density at radius 1 is 1.03 bits per heavy atom. The van der Waals surface area contributed by atoms with Gasteiger partial charge in [0.1, 0.15) is 12.4 Å². The predicted molar refractivity (Wildman–Crippen MR) is 138 cm³/mol. The lowest BCUT2D eigenvalue weighted by atomic mass is 10.2. The molecule has 3 aromatic carbocycles. The number of imidazole rings is 1. The lowest BCUT2D eigenvalue weighted by Crippen LogP contribution is -2.22. The molecule has 0 saturated carbocycles. The van der Waals surface area contributed by atoms with E-state index in [9.17, 15) is 4.79 Å². The zero-order valence-electron chi connectivity index (χ0n) is 16.1. The standard InChI is InChI=1S/C23H12Br2Cl2N2O2S/c24-14-7-13(8-15(25)21(14)31-11-12-5-6-16(26)17(27)9-12)10-20-22(30)29-19-4-2-1-3-18(19)28-23(29)32-20/h1-10H,11H2/b20-10-. The Kier molecular flexibility index (Phi) is 6.03. The molecule has 0 saturated heterocycles. The van der Waals surface area contributed by atoms with E-state index in [-0.39, 0.29) is 5.56 Å². The highest BCUT2D eigenvalue weighted by molar-refractivity contribution is 9.11. The number of rotatable bonds is 4. The van der Waals surface area contributed by atoms with Gasteiger partial charge in [-0.25, -0.2) is 9.38 Å². The molecule has 0 atom stereocenters. The molecule has 2 aromatic heterocycles. The van der Waals surface area contributed by atoms with Crippen LogP contribution in [0.25, 0.3) is 22.1 Å². The monoisotopic (exact) mass is 608 g/mol. The molecule has 0 N–H and O–H groups in total. The summed E-state index contributed by atoms with van der Waals surface area (Å²) < 4.78 is 9.77. The van der Waals surface area contributed by atoms with E-state index in [4.69, 9.17) is 27.9 Å². The summed E-state index contributed by atoms with van der Waals surface area (Å²) in [7, 11) is 0. The fourth-order valence-electron chi connectivity index (χ4n) is 3.35. The highest BCUT2D eigenvalue weighted by Crippen LogP contribution is 2.36. The molecule has 5 rings (SSSR count). The Labute approximate surface area is 213 Å². The van der Waals surface area contributed by atoms with Gasteiger partial charge >= 0.3 is 0 Å². The molecule has 160 valence electrons. The third-order valence-electron chi connectivity index (χ3n) is 4.83. The number of hydrogen-bond donors (Lipinski definition) is 0. The Bertz CT molecular complexity index is 1590. The van der Waals surface area contributed by atoms with Crippen molar-refractivity contribution in [1.82, 2.24) is 9.38 Å². The molecule has 0 aliphatic rings. The van der Waals surface area contributed by atoms with Gasteiger partial charge in [-0.1, -0.05) is 52.7 Å². The van der Waals surface area contributed by atoms with Crippen molar-refractivity contribution in [3.8, 4) is 5.75 Å². The number of aromatic nitrogens is 2.